The molecule has 1 unspecified atom stereocenters. The molecule has 0 aromatic heterocycles. The van der Waals surface area contributed by atoms with E-state index in [4.69, 9.17) is 0 Å². The average Bonchev–Trinajstić information content (AvgIpc) is 2.38. The maximum atomic E-state index is 3.65. The molecule has 0 aliphatic carbocycles. The lowest BCUT2D eigenvalue weighted by molar-refractivity contribution is 0.306. The molecule has 0 bridgehead atoms. The van der Waals surface area contributed by atoms with E-state index in [-0.39, 0.29) is 5.54 Å². The molecule has 0 amide bonds. The van der Waals surface area contributed by atoms with Gasteiger partial charge in [0.25, 0.3) is 0 Å². The van der Waals surface area contributed by atoms with Crippen LogP contribution < -0.4 is 10.2 Å². The molecule has 1 fully saturated rings. The minimum atomic E-state index is 0.194. The zero-order valence-electron chi connectivity index (χ0n) is 13.0. The minimum Gasteiger partial charge on any atom is -0.365 e. The van der Waals surface area contributed by atoms with Gasteiger partial charge in [-0.25, -0.2) is 0 Å². The lowest BCUT2D eigenvalue weighted by Gasteiger charge is -2.46. The monoisotopic (exact) mass is 260 g/mol. The highest BCUT2D eigenvalue weighted by molar-refractivity contribution is 5.51. The van der Waals surface area contributed by atoms with Crippen LogP contribution in [-0.2, 0) is 0 Å². The Balaban J connectivity index is 2.28. The second-order valence-electron chi connectivity index (χ2n) is 6.70. The summed E-state index contributed by atoms with van der Waals surface area (Å²) >= 11 is 0. The fraction of sp³-hybridized carbons (Fsp3) is 0.647. The molecule has 1 atom stereocenters. The fourth-order valence-corrected chi connectivity index (χ4v) is 2.84. The van der Waals surface area contributed by atoms with Gasteiger partial charge in [0, 0.05) is 30.4 Å². The van der Waals surface area contributed by atoms with E-state index in [1.165, 1.54) is 17.7 Å². The number of rotatable bonds is 3. The number of hydrogen-bond donors (Lipinski definition) is 1. The SMILES string of the molecule is CCC1CNC(C)(C)CN1c1cccc(C(C)C)c1. The molecular formula is C17H28N2. The van der Waals surface area contributed by atoms with E-state index >= 15 is 0 Å². The molecule has 0 spiro atoms. The van der Waals surface area contributed by atoms with Crippen LogP contribution in [0.5, 0.6) is 0 Å². The van der Waals surface area contributed by atoms with Crippen molar-refractivity contribution in [2.45, 2.75) is 58.5 Å². The Morgan fingerprint density at radius 2 is 2.11 bits per heavy atom. The summed E-state index contributed by atoms with van der Waals surface area (Å²) in [6.45, 7) is 13.5. The number of benzene rings is 1. The predicted octanol–water partition coefficient (Wildman–Crippen LogP) is 3.78. The molecule has 1 aliphatic rings. The van der Waals surface area contributed by atoms with Crippen LogP contribution in [0.2, 0.25) is 0 Å². The highest BCUT2D eigenvalue weighted by Gasteiger charge is 2.31. The van der Waals surface area contributed by atoms with E-state index in [2.05, 4.69) is 69.1 Å². The molecule has 2 heteroatoms. The van der Waals surface area contributed by atoms with E-state index in [1.807, 2.05) is 0 Å². The van der Waals surface area contributed by atoms with E-state index in [1.54, 1.807) is 0 Å². The molecule has 19 heavy (non-hydrogen) atoms. The first-order chi connectivity index (χ1) is 8.93. The summed E-state index contributed by atoms with van der Waals surface area (Å²) < 4.78 is 0. The van der Waals surface area contributed by atoms with Crippen molar-refractivity contribution in [1.29, 1.82) is 0 Å². The first-order valence-corrected chi connectivity index (χ1v) is 7.54. The fourth-order valence-electron chi connectivity index (χ4n) is 2.84. The van der Waals surface area contributed by atoms with Crippen molar-refractivity contribution in [3.05, 3.63) is 29.8 Å². The number of nitrogens with one attached hydrogen (secondary N) is 1. The van der Waals surface area contributed by atoms with Gasteiger partial charge in [-0.3, -0.25) is 0 Å². The van der Waals surface area contributed by atoms with Gasteiger partial charge in [-0.15, -0.1) is 0 Å². The maximum absolute atomic E-state index is 3.65. The normalized spacial score (nSPS) is 22.8. The first-order valence-electron chi connectivity index (χ1n) is 7.54. The van der Waals surface area contributed by atoms with Crippen molar-refractivity contribution >= 4 is 5.69 Å². The summed E-state index contributed by atoms with van der Waals surface area (Å²) in [5, 5.41) is 3.65. The highest BCUT2D eigenvalue weighted by Crippen LogP contribution is 2.27. The van der Waals surface area contributed by atoms with Crippen LogP contribution >= 0.6 is 0 Å². The van der Waals surface area contributed by atoms with Gasteiger partial charge in [0.2, 0.25) is 0 Å². The summed E-state index contributed by atoms with van der Waals surface area (Å²) in [5.74, 6) is 0.593. The van der Waals surface area contributed by atoms with Crippen LogP contribution in [0.15, 0.2) is 24.3 Å². The van der Waals surface area contributed by atoms with Gasteiger partial charge in [-0.1, -0.05) is 32.9 Å². The minimum absolute atomic E-state index is 0.194. The Morgan fingerprint density at radius 1 is 1.37 bits per heavy atom. The predicted molar refractivity (Wildman–Crippen MR) is 84.0 cm³/mol. The Bertz CT molecular complexity index is 423. The van der Waals surface area contributed by atoms with Crippen molar-refractivity contribution in [1.82, 2.24) is 5.32 Å². The molecule has 1 aromatic rings. The van der Waals surface area contributed by atoms with Gasteiger partial charge in [-0.2, -0.15) is 0 Å². The summed E-state index contributed by atoms with van der Waals surface area (Å²) in [6, 6.07) is 9.68. The Labute approximate surface area is 118 Å². The number of anilines is 1. The van der Waals surface area contributed by atoms with Crippen molar-refractivity contribution in [3.8, 4) is 0 Å². The molecule has 2 nitrogen and oxygen atoms in total. The summed E-state index contributed by atoms with van der Waals surface area (Å²) in [4.78, 5) is 2.59. The number of hydrogen-bond acceptors (Lipinski definition) is 2. The van der Waals surface area contributed by atoms with Gasteiger partial charge in [-0.05, 0) is 43.9 Å². The molecule has 106 valence electrons. The third kappa shape index (κ3) is 3.30. The van der Waals surface area contributed by atoms with Crippen LogP contribution in [0.4, 0.5) is 5.69 Å². The third-order valence-electron chi connectivity index (χ3n) is 4.16. The Morgan fingerprint density at radius 3 is 2.74 bits per heavy atom. The van der Waals surface area contributed by atoms with Crippen LogP contribution in [0.25, 0.3) is 0 Å². The second kappa shape index (κ2) is 5.54. The van der Waals surface area contributed by atoms with Gasteiger partial charge < -0.3 is 10.2 Å². The van der Waals surface area contributed by atoms with Gasteiger partial charge >= 0.3 is 0 Å². The number of piperazine rings is 1. The lowest BCUT2D eigenvalue weighted by Crippen LogP contribution is -2.61. The Kier molecular flexibility index (Phi) is 4.19. The topological polar surface area (TPSA) is 15.3 Å². The van der Waals surface area contributed by atoms with E-state index in [0.29, 0.717) is 12.0 Å². The van der Waals surface area contributed by atoms with Gasteiger partial charge in [0.05, 0.1) is 0 Å². The summed E-state index contributed by atoms with van der Waals surface area (Å²) in [5.41, 5.74) is 3.01. The molecular weight excluding hydrogens is 232 g/mol. The van der Waals surface area contributed by atoms with Crippen molar-refractivity contribution in [3.63, 3.8) is 0 Å². The largest absolute Gasteiger partial charge is 0.365 e. The Hall–Kier alpha value is -1.02. The third-order valence-corrected chi connectivity index (χ3v) is 4.16. The average molecular weight is 260 g/mol. The lowest BCUT2D eigenvalue weighted by atomic mass is 9.95. The first kappa shape index (κ1) is 14.4. The van der Waals surface area contributed by atoms with Crippen LogP contribution in [0.3, 0.4) is 0 Å². The molecule has 1 N–H and O–H groups in total. The van der Waals surface area contributed by atoms with E-state index in [0.717, 1.165) is 13.1 Å². The standard InChI is InChI=1S/C17H28N2/c1-6-15-11-18-17(4,5)12-19(15)16-9-7-8-14(10-16)13(2)3/h7-10,13,15,18H,6,11-12H2,1-5H3. The molecule has 1 aromatic carbocycles. The molecule has 2 rings (SSSR count). The van der Waals surface area contributed by atoms with Crippen molar-refractivity contribution in [2.75, 3.05) is 18.0 Å². The molecule has 1 aliphatic heterocycles. The zero-order chi connectivity index (χ0) is 14.0. The van der Waals surface area contributed by atoms with E-state index in [9.17, 15) is 0 Å². The highest BCUT2D eigenvalue weighted by atomic mass is 15.2. The van der Waals surface area contributed by atoms with Crippen molar-refractivity contribution < 1.29 is 0 Å². The molecule has 0 radical (unpaired) electrons. The van der Waals surface area contributed by atoms with Crippen molar-refractivity contribution in [2.24, 2.45) is 0 Å². The van der Waals surface area contributed by atoms with Crippen LogP contribution in [0.1, 0.15) is 52.5 Å². The molecule has 0 saturated carbocycles. The van der Waals surface area contributed by atoms with Crippen LogP contribution in [0, 0.1) is 0 Å². The van der Waals surface area contributed by atoms with Gasteiger partial charge in [0.1, 0.15) is 0 Å². The smallest absolute Gasteiger partial charge is 0.0412 e. The van der Waals surface area contributed by atoms with Gasteiger partial charge in [0.15, 0.2) is 0 Å². The zero-order valence-corrected chi connectivity index (χ0v) is 13.0. The molecule has 1 heterocycles. The number of nitrogens with zero attached hydrogens (tertiary/aromatic N) is 1. The molecule has 1 saturated heterocycles. The summed E-state index contributed by atoms with van der Waals surface area (Å²) in [7, 11) is 0. The second-order valence-corrected chi connectivity index (χ2v) is 6.70. The van der Waals surface area contributed by atoms with Crippen LogP contribution in [-0.4, -0.2) is 24.7 Å². The summed E-state index contributed by atoms with van der Waals surface area (Å²) in [6.07, 6.45) is 1.19. The quantitative estimate of drug-likeness (QED) is 0.890. The van der Waals surface area contributed by atoms with E-state index < -0.39 is 0 Å². The maximum Gasteiger partial charge on any atom is 0.0412 e.